The number of hydrazone groups is 1. The van der Waals surface area contributed by atoms with Crippen molar-refractivity contribution in [2.45, 2.75) is 13.0 Å². The predicted molar refractivity (Wildman–Crippen MR) is 128 cm³/mol. The number of carbonyl (C=O) groups excluding carboxylic acids is 1. The van der Waals surface area contributed by atoms with Crippen LogP contribution >= 0.6 is 45.2 Å². The molecule has 0 saturated carbocycles. The summed E-state index contributed by atoms with van der Waals surface area (Å²) in [5, 5.41) is 4.03. The molecule has 3 aromatic carbocycles. The topological polar surface area (TPSA) is 50.7 Å². The molecular weight excluding hydrogens is 597 g/mol. The maximum absolute atomic E-state index is 13.8. The van der Waals surface area contributed by atoms with Gasteiger partial charge >= 0.3 is 0 Å². The van der Waals surface area contributed by atoms with E-state index in [0.29, 0.717) is 11.3 Å². The predicted octanol–water partition coefficient (Wildman–Crippen LogP) is 5.31. The number of carbonyl (C=O) groups is 1. The van der Waals surface area contributed by atoms with E-state index in [1.807, 2.05) is 42.5 Å². The first kappa shape index (κ1) is 21.7. The molecule has 0 spiro atoms. The molecule has 0 aromatic heterocycles. The molecule has 7 heteroatoms. The molecule has 0 aliphatic carbocycles. The molecule has 0 radical (unpaired) electrons. The summed E-state index contributed by atoms with van der Waals surface area (Å²) in [6.45, 7) is 0.154. The fourth-order valence-electron chi connectivity index (χ4n) is 2.56. The summed E-state index contributed by atoms with van der Waals surface area (Å²) in [6.07, 6.45) is 1.87. The second-order valence-corrected chi connectivity index (χ2v) is 8.47. The lowest BCUT2D eigenvalue weighted by atomic mass is 10.1. The van der Waals surface area contributed by atoms with Gasteiger partial charge in [-0.05, 0) is 74.5 Å². The number of rotatable bonds is 7. The molecule has 0 heterocycles. The lowest BCUT2D eigenvalue weighted by Crippen LogP contribution is -2.19. The van der Waals surface area contributed by atoms with Gasteiger partial charge in [0.15, 0.2) is 0 Å². The Kier molecular flexibility index (Phi) is 7.99. The minimum atomic E-state index is -0.285. The lowest BCUT2D eigenvalue weighted by molar-refractivity contribution is -0.120. The van der Waals surface area contributed by atoms with Crippen LogP contribution in [0.5, 0.6) is 5.75 Å². The molecule has 0 atom stereocenters. The zero-order chi connectivity index (χ0) is 20.6. The fraction of sp³-hybridized carbons (Fsp3) is 0.0909. The first-order chi connectivity index (χ1) is 14.0. The van der Waals surface area contributed by atoms with Crippen molar-refractivity contribution in [3.63, 3.8) is 0 Å². The highest BCUT2D eigenvalue weighted by Crippen LogP contribution is 2.29. The lowest BCUT2D eigenvalue weighted by Gasteiger charge is -2.12. The Morgan fingerprint density at radius 3 is 2.38 bits per heavy atom. The minimum Gasteiger partial charge on any atom is -0.487 e. The van der Waals surface area contributed by atoms with Crippen LogP contribution in [-0.4, -0.2) is 12.1 Å². The second kappa shape index (κ2) is 10.7. The van der Waals surface area contributed by atoms with Gasteiger partial charge in [-0.1, -0.05) is 48.5 Å². The van der Waals surface area contributed by atoms with Gasteiger partial charge in [-0.3, -0.25) is 4.79 Å². The quantitative estimate of drug-likeness (QED) is 0.223. The van der Waals surface area contributed by atoms with Gasteiger partial charge in [-0.15, -0.1) is 0 Å². The van der Waals surface area contributed by atoms with Gasteiger partial charge in [0, 0.05) is 5.56 Å². The van der Waals surface area contributed by atoms with Crippen LogP contribution in [0.2, 0.25) is 0 Å². The van der Waals surface area contributed by atoms with Crippen LogP contribution in [0.3, 0.4) is 0 Å². The van der Waals surface area contributed by atoms with Crippen molar-refractivity contribution < 1.29 is 13.9 Å². The molecule has 0 aliphatic rings. The average molecular weight is 614 g/mol. The molecule has 0 saturated heterocycles. The Morgan fingerprint density at radius 2 is 1.69 bits per heavy atom. The van der Waals surface area contributed by atoms with Crippen molar-refractivity contribution in [2.24, 2.45) is 5.10 Å². The van der Waals surface area contributed by atoms with Crippen LogP contribution in [-0.2, 0) is 17.8 Å². The van der Waals surface area contributed by atoms with Crippen LogP contribution in [0.15, 0.2) is 71.8 Å². The third-order valence-corrected chi connectivity index (χ3v) is 5.56. The molecule has 148 valence electrons. The van der Waals surface area contributed by atoms with E-state index < -0.39 is 0 Å². The van der Waals surface area contributed by atoms with Crippen molar-refractivity contribution in [2.75, 3.05) is 0 Å². The summed E-state index contributed by atoms with van der Waals surface area (Å²) in [5.74, 6) is 0.230. The van der Waals surface area contributed by atoms with Crippen LogP contribution in [0.25, 0.3) is 0 Å². The van der Waals surface area contributed by atoms with E-state index in [4.69, 9.17) is 4.74 Å². The number of halogens is 3. The fourth-order valence-corrected chi connectivity index (χ4v) is 4.68. The van der Waals surface area contributed by atoms with Gasteiger partial charge in [-0.25, -0.2) is 9.82 Å². The average Bonchev–Trinajstić information content (AvgIpc) is 2.69. The maximum atomic E-state index is 13.8. The van der Waals surface area contributed by atoms with Gasteiger partial charge in [0.1, 0.15) is 18.2 Å². The Bertz CT molecular complexity index is 1000. The number of amides is 1. The van der Waals surface area contributed by atoms with Gasteiger partial charge in [0.05, 0.1) is 19.8 Å². The zero-order valence-corrected chi connectivity index (χ0v) is 19.6. The third kappa shape index (κ3) is 6.49. The van der Waals surface area contributed by atoms with Crippen LogP contribution in [0.1, 0.15) is 16.7 Å². The number of nitrogens with zero attached hydrogens (tertiary/aromatic N) is 1. The monoisotopic (exact) mass is 614 g/mol. The van der Waals surface area contributed by atoms with E-state index in [2.05, 4.69) is 55.7 Å². The first-order valence-electron chi connectivity index (χ1n) is 8.74. The van der Waals surface area contributed by atoms with Crippen LogP contribution < -0.4 is 10.2 Å². The molecule has 3 rings (SSSR count). The minimum absolute atomic E-state index is 0.154. The molecule has 0 aliphatic heterocycles. The standard InChI is InChI=1S/C22H17FI2N2O2/c23-18-9-5-4-8-17(18)14-29-22-19(24)10-16(11-20(22)25)13-26-27-21(28)12-15-6-2-1-3-7-15/h1-11,13H,12,14H2,(H,27,28)/b26-13+. The molecule has 0 bridgehead atoms. The van der Waals surface area contributed by atoms with Crippen LogP contribution in [0.4, 0.5) is 4.39 Å². The molecule has 0 fully saturated rings. The summed E-state index contributed by atoms with van der Waals surface area (Å²) in [4.78, 5) is 12.0. The van der Waals surface area contributed by atoms with E-state index in [1.54, 1.807) is 24.4 Å². The maximum Gasteiger partial charge on any atom is 0.244 e. The van der Waals surface area contributed by atoms with E-state index in [-0.39, 0.29) is 24.8 Å². The smallest absolute Gasteiger partial charge is 0.244 e. The van der Waals surface area contributed by atoms with Gasteiger partial charge in [0.25, 0.3) is 0 Å². The zero-order valence-electron chi connectivity index (χ0n) is 15.2. The molecule has 1 amide bonds. The van der Waals surface area contributed by atoms with Crippen molar-refractivity contribution in [3.05, 3.63) is 96.4 Å². The number of ether oxygens (including phenoxy) is 1. The highest BCUT2D eigenvalue weighted by atomic mass is 127. The molecule has 3 aromatic rings. The summed E-state index contributed by atoms with van der Waals surface area (Å²) in [6, 6.07) is 19.8. The Balaban J connectivity index is 1.60. The SMILES string of the molecule is O=C(Cc1ccccc1)N/N=C/c1cc(I)c(OCc2ccccc2F)c(I)c1. The number of hydrogen-bond acceptors (Lipinski definition) is 3. The summed E-state index contributed by atoms with van der Waals surface area (Å²) >= 11 is 4.34. The molecule has 1 N–H and O–H groups in total. The molecule has 29 heavy (non-hydrogen) atoms. The van der Waals surface area contributed by atoms with E-state index in [0.717, 1.165) is 18.3 Å². The van der Waals surface area contributed by atoms with Crippen molar-refractivity contribution >= 4 is 57.3 Å². The summed E-state index contributed by atoms with van der Waals surface area (Å²) in [5.41, 5.74) is 4.81. The molecule has 0 unspecified atom stereocenters. The first-order valence-corrected chi connectivity index (χ1v) is 10.9. The highest BCUT2D eigenvalue weighted by molar-refractivity contribution is 14.1. The number of benzene rings is 3. The molecule has 4 nitrogen and oxygen atoms in total. The number of hydrogen-bond donors (Lipinski definition) is 1. The van der Waals surface area contributed by atoms with Crippen molar-refractivity contribution in [3.8, 4) is 5.75 Å². The van der Waals surface area contributed by atoms with Gasteiger partial charge in [0.2, 0.25) is 5.91 Å². The summed E-state index contributed by atoms with van der Waals surface area (Å²) in [7, 11) is 0. The summed E-state index contributed by atoms with van der Waals surface area (Å²) < 4.78 is 21.3. The van der Waals surface area contributed by atoms with Crippen LogP contribution in [0, 0.1) is 13.0 Å². The Morgan fingerprint density at radius 1 is 1.03 bits per heavy atom. The Hall–Kier alpha value is -2.01. The van der Waals surface area contributed by atoms with Gasteiger partial charge < -0.3 is 4.74 Å². The van der Waals surface area contributed by atoms with Crippen molar-refractivity contribution in [1.29, 1.82) is 0 Å². The van der Waals surface area contributed by atoms with Crippen molar-refractivity contribution in [1.82, 2.24) is 5.43 Å². The van der Waals surface area contributed by atoms with E-state index in [1.165, 1.54) is 6.07 Å². The highest BCUT2D eigenvalue weighted by Gasteiger charge is 2.10. The Labute approximate surface area is 195 Å². The third-order valence-electron chi connectivity index (χ3n) is 3.96. The normalized spacial score (nSPS) is 10.9. The number of nitrogens with one attached hydrogen (secondary N) is 1. The largest absolute Gasteiger partial charge is 0.487 e. The second-order valence-electron chi connectivity index (χ2n) is 6.15. The van der Waals surface area contributed by atoms with Gasteiger partial charge in [-0.2, -0.15) is 5.10 Å². The van der Waals surface area contributed by atoms with E-state index in [9.17, 15) is 9.18 Å². The molecular formula is C22H17FI2N2O2. The van der Waals surface area contributed by atoms with E-state index >= 15 is 0 Å².